The van der Waals surface area contributed by atoms with Crippen LogP contribution in [0, 0.1) is 5.92 Å². The average Bonchev–Trinajstić information content (AvgIpc) is 3.24. The number of nitrogens with zero attached hydrogens (tertiary/aromatic N) is 3. The number of carbonyl (C=O) groups is 1. The molecule has 1 aliphatic carbocycles. The van der Waals surface area contributed by atoms with Crippen LogP contribution in [0.15, 0.2) is 4.52 Å². The van der Waals surface area contributed by atoms with E-state index in [-0.39, 0.29) is 17.9 Å². The number of likely N-dealkylation sites (tertiary alicyclic amines) is 1. The summed E-state index contributed by atoms with van der Waals surface area (Å²) in [6.07, 6.45) is 4.81. The van der Waals surface area contributed by atoms with Crippen molar-refractivity contribution < 1.29 is 14.4 Å². The minimum absolute atomic E-state index is 0.117. The van der Waals surface area contributed by atoms with E-state index >= 15 is 0 Å². The summed E-state index contributed by atoms with van der Waals surface area (Å²) < 4.78 is 5.19. The lowest BCUT2D eigenvalue weighted by atomic mass is 9.93. The molecule has 1 aromatic heterocycles. The van der Waals surface area contributed by atoms with Crippen molar-refractivity contribution in [3.63, 3.8) is 0 Å². The predicted octanol–water partition coefficient (Wildman–Crippen LogP) is 1.50. The van der Waals surface area contributed by atoms with Crippen LogP contribution >= 0.6 is 0 Å². The molecule has 6 heteroatoms. The summed E-state index contributed by atoms with van der Waals surface area (Å²) in [5, 5.41) is 13.6. The van der Waals surface area contributed by atoms with E-state index in [1.165, 1.54) is 0 Å². The highest BCUT2D eigenvalue weighted by atomic mass is 16.5. The van der Waals surface area contributed by atoms with Gasteiger partial charge in [-0.1, -0.05) is 5.16 Å². The Bertz CT molecular complexity index is 496. The lowest BCUT2D eigenvalue weighted by Crippen LogP contribution is -2.43. The summed E-state index contributed by atoms with van der Waals surface area (Å²) in [4.78, 5) is 18.5. The molecule has 1 aromatic rings. The van der Waals surface area contributed by atoms with Crippen molar-refractivity contribution in [2.75, 3.05) is 13.1 Å². The van der Waals surface area contributed by atoms with E-state index in [0.717, 1.165) is 38.1 Å². The number of aliphatic hydroxyl groups is 1. The van der Waals surface area contributed by atoms with Gasteiger partial charge in [-0.15, -0.1) is 0 Å². The molecular weight excluding hydrogens is 270 g/mol. The van der Waals surface area contributed by atoms with Gasteiger partial charge in [-0.3, -0.25) is 4.79 Å². The monoisotopic (exact) mass is 293 g/mol. The molecule has 2 aliphatic rings. The molecule has 0 aromatic carbocycles. The Hall–Kier alpha value is -1.43. The van der Waals surface area contributed by atoms with E-state index < -0.39 is 0 Å². The Labute approximate surface area is 124 Å². The van der Waals surface area contributed by atoms with Crippen LogP contribution in [-0.2, 0) is 11.2 Å². The lowest BCUT2D eigenvalue weighted by Gasteiger charge is -2.34. The van der Waals surface area contributed by atoms with Crippen molar-refractivity contribution in [1.29, 1.82) is 0 Å². The first-order chi connectivity index (χ1) is 10.1. The Kier molecular flexibility index (Phi) is 4.24. The van der Waals surface area contributed by atoms with E-state index in [9.17, 15) is 9.90 Å². The number of aryl methyl sites for hydroxylation is 1. The van der Waals surface area contributed by atoms with Crippen molar-refractivity contribution >= 4 is 5.91 Å². The zero-order chi connectivity index (χ0) is 14.8. The smallest absolute Gasteiger partial charge is 0.227 e. The van der Waals surface area contributed by atoms with E-state index in [1.54, 1.807) is 6.92 Å². The van der Waals surface area contributed by atoms with E-state index in [2.05, 4.69) is 10.1 Å². The molecule has 2 atom stereocenters. The zero-order valence-electron chi connectivity index (χ0n) is 12.5. The summed E-state index contributed by atoms with van der Waals surface area (Å²) in [6, 6.07) is 0. The van der Waals surface area contributed by atoms with Gasteiger partial charge in [0.2, 0.25) is 11.8 Å². The highest BCUT2D eigenvalue weighted by Crippen LogP contribution is 2.38. The second-order valence-electron chi connectivity index (χ2n) is 6.30. The second kappa shape index (κ2) is 6.13. The average molecular weight is 293 g/mol. The number of hydrogen-bond donors (Lipinski definition) is 1. The maximum absolute atomic E-state index is 12.2. The Balaban J connectivity index is 1.48. The van der Waals surface area contributed by atoms with Gasteiger partial charge in [0.05, 0.1) is 6.10 Å². The number of hydrogen-bond acceptors (Lipinski definition) is 5. The molecule has 116 valence electrons. The molecule has 1 aliphatic heterocycles. The molecule has 1 saturated carbocycles. The van der Waals surface area contributed by atoms with Gasteiger partial charge in [0.1, 0.15) is 0 Å². The van der Waals surface area contributed by atoms with Gasteiger partial charge in [-0.05, 0) is 32.6 Å². The highest BCUT2D eigenvalue weighted by Gasteiger charge is 2.29. The summed E-state index contributed by atoms with van der Waals surface area (Å²) in [6.45, 7) is 3.25. The van der Waals surface area contributed by atoms with Crippen LogP contribution in [0.5, 0.6) is 0 Å². The van der Waals surface area contributed by atoms with Gasteiger partial charge in [0.25, 0.3) is 0 Å². The molecule has 0 radical (unpaired) electrons. The third-order valence-electron chi connectivity index (χ3n) is 4.47. The molecule has 0 bridgehead atoms. The predicted molar refractivity (Wildman–Crippen MR) is 75.6 cm³/mol. The van der Waals surface area contributed by atoms with Crippen LogP contribution in [-0.4, -0.2) is 45.2 Å². The number of aromatic nitrogens is 2. The van der Waals surface area contributed by atoms with Crippen LogP contribution in [0.3, 0.4) is 0 Å². The largest absolute Gasteiger partial charge is 0.393 e. The third-order valence-corrected chi connectivity index (χ3v) is 4.47. The molecule has 2 unspecified atom stereocenters. The summed E-state index contributed by atoms with van der Waals surface area (Å²) >= 11 is 0. The molecule has 6 nitrogen and oxygen atoms in total. The topological polar surface area (TPSA) is 79.5 Å². The molecule has 2 heterocycles. The lowest BCUT2D eigenvalue weighted by molar-refractivity contribution is -0.133. The van der Waals surface area contributed by atoms with Gasteiger partial charge >= 0.3 is 0 Å². The van der Waals surface area contributed by atoms with Crippen molar-refractivity contribution in [3.8, 4) is 0 Å². The van der Waals surface area contributed by atoms with Crippen molar-refractivity contribution in [2.45, 2.75) is 57.5 Å². The minimum atomic E-state index is -0.349. The molecular formula is C15H23N3O3. The van der Waals surface area contributed by atoms with E-state index in [4.69, 9.17) is 4.52 Å². The standard InChI is InChI=1S/C15H23N3O3/c1-10(19)12-3-2-8-18(9-12)14(20)7-6-13-16-15(17-21-13)11-4-5-11/h10-12,19H,2-9H2,1H3. The number of aliphatic hydroxyl groups excluding tert-OH is 1. The van der Waals surface area contributed by atoms with E-state index in [1.807, 2.05) is 4.90 Å². The summed E-state index contributed by atoms with van der Waals surface area (Å²) in [7, 11) is 0. The Morgan fingerprint density at radius 1 is 1.48 bits per heavy atom. The number of carbonyl (C=O) groups excluding carboxylic acids is 1. The third kappa shape index (κ3) is 3.61. The number of rotatable bonds is 5. The van der Waals surface area contributed by atoms with Crippen LogP contribution in [0.2, 0.25) is 0 Å². The van der Waals surface area contributed by atoms with Crippen molar-refractivity contribution in [3.05, 3.63) is 11.7 Å². The first kappa shape index (κ1) is 14.5. The first-order valence-electron chi connectivity index (χ1n) is 7.92. The molecule has 2 fully saturated rings. The number of piperidine rings is 1. The highest BCUT2D eigenvalue weighted by molar-refractivity contribution is 5.76. The molecule has 1 amide bonds. The van der Waals surface area contributed by atoms with E-state index in [0.29, 0.717) is 31.2 Å². The maximum atomic E-state index is 12.2. The summed E-state index contributed by atoms with van der Waals surface area (Å²) in [5.41, 5.74) is 0. The van der Waals surface area contributed by atoms with Crippen LogP contribution < -0.4 is 0 Å². The molecule has 3 rings (SSSR count). The fourth-order valence-corrected chi connectivity index (χ4v) is 2.88. The van der Waals surface area contributed by atoms with Crippen molar-refractivity contribution in [2.24, 2.45) is 5.92 Å². The van der Waals surface area contributed by atoms with Crippen LogP contribution in [0.4, 0.5) is 0 Å². The van der Waals surface area contributed by atoms with Crippen LogP contribution in [0.25, 0.3) is 0 Å². The van der Waals surface area contributed by atoms with Gasteiger partial charge in [0.15, 0.2) is 5.82 Å². The second-order valence-corrected chi connectivity index (χ2v) is 6.30. The molecule has 1 N–H and O–H groups in total. The summed E-state index contributed by atoms with van der Waals surface area (Å²) in [5.74, 6) is 2.16. The normalized spacial score (nSPS) is 24.1. The van der Waals surface area contributed by atoms with Crippen molar-refractivity contribution in [1.82, 2.24) is 15.0 Å². The fourth-order valence-electron chi connectivity index (χ4n) is 2.88. The molecule has 1 saturated heterocycles. The van der Waals surface area contributed by atoms with Crippen LogP contribution in [0.1, 0.15) is 56.7 Å². The Morgan fingerprint density at radius 2 is 2.29 bits per heavy atom. The maximum Gasteiger partial charge on any atom is 0.227 e. The quantitative estimate of drug-likeness (QED) is 0.890. The molecule has 21 heavy (non-hydrogen) atoms. The fraction of sp³-hybridized carbons (Fsp3) is 0.800. The van der Waals surface area contributed by atoms with Gasteiger partial charge in [-0.2, -0.15) is 4.98 Å². The van der Waals surface area contributed by atoms with Gasteiger partial charge < -0.3 is 14.5 Å². The first-order valence-corrected chi connectivity index (χ1v) is 7.92. The molecule has 0 spiro atoms. The zero-order valence-corrected chi connectivity index (χ0v) is 12.5. The number of amides is 1. The Morgan fingerprint density at radius 3 is 3.00 bits per heavy atom. The van der Waals surface area contributed by atoms with Gasteiger partial charge in [0, 0.05) is 37.8 Å². The minimum Gasteiger partial charge on any atom is -0.393 e. The SMILES string of the molecule is CC(O)C1CCCN(C(=O)CCc2nc(C3CC3)no2)C1. The van der Waals surface area contributed by atoms with Gasteiger partial charge in [-0.25, -0.2) is 0 Å².